The summed E-state index contributed by atoms with van der Waals surface area (Å²) in [4.78, 5) is 21.8. The van der Waals surface area contributed by atoms with Crippen LogP contribution < -0.4 is 11.1 Å². The molecule has 2 aromatic heterocycles. The van der Waals surface area contributed by atoms with Crippen molar-refractivity contribution in [3.8, 4) is 0 Å². The molecular weight excluding hydrogens is 264 g/mol. The van der Waals surface area contributed by atoms with Gasteiger partial charge in [0.05, 0.1) is 10.3 Å². The Balaban J connectivity index is 2.37. The van der Waals surface area contributed by atoms with Crippen molar-refractivity contribution in [3.63, 3.8) is 0 Å². The maximum Gasteiger partial charge on any atom is 0.261 e. The van der Waals surface area contributed by atoms with Crippen LogP contribution in [0, 0.1) is 13.8 Å². The number of nitrogens with two attached hydrogens (primary N) is 1. The molecule has 0 radical (unpaired) electrons. The van der Waals surface area contributed by atoms with Crippen LogP contribution in [-0.2, 0) is 0 Å². The second-order valence-corrected chi connectivity index (χ2v) is 5.22. The molecule has 2 rings (SSSR count). The van der Waals surface area contributed by atoms with Crippen molar-refractivity contribution in [1.29, 1.82) is 0 Å². The van der Waals surface area contributed by atoms with Gasteiger partial charge in [-0.3, -0.25) is 4.79 Å². The van der Waals surface area contributed by atoms with E-state index < -0.39 is 0 Å². The first-order valence-electron chi connectivity index (χ1n) is 5.97. The van der Waals surface area contributed by atoms with E-state index in [1.807, 2.05) is 6.92 Å². The Hall–Kier alpha value is -1.73. The Labute approximate surface area is 114 Å². The minimum atomic E-state index is -0.161. The summed E-state index contributed by atoms with van der Waals surface area (Å²) in [6.07, 6.45) is 0.538. The quantitative estimate of drug-likeness (QED) is 0.725. The summed E-state index contributed by atoms with van der Waals surface area (Å²) in [6.45, 7) is 4.12. The van der Waals surface area contributed by atoms with E-state index in [1.54, 1.807) is 6.92 Å². The number of fused-ring (bicyclic) bond motifs is 1. The zero-order chi connectivity index (χ0) is 14.0. The number of hydrogen-bond acceptors (Lipinski definition) is 6. The fourth-order valence-electron chi connectivity index (χ4n) is 1.86. The van der Waals surface area contributed by atoms with E-state index in [9.17, 15) is 4.79 Å². The maximum atomic E-state index is 12.0. The van der Waals surface area contributed by atoms with Crippen LogP contribution in [0.4, 0.5) is 5.82 Å². The molecule has 0 aliphatic heterocycles. The van der Waals surface area contributed by atoms with Crippen LogP contribution in [0.5, 0.6) is 0 Å². The maximum absolute atomic E-state index is 12.0. The minimum absolute atomic E-state index is 0.0588. The highest BCUT2D eigenvalue weighted by molar-refractivity contribution is 7.20. The predicted molar refractivity (Wildman–Crippen MR) is 75.3 cm³/mol. The Morgan fingerprint density at radius 3 is 2.84 bits per heavy atom. The molecule has 0 atom stereocenters. The molecule has 2 aromatic rings. The van der Waals surface area contributed by atoms with E-state index in [2.05, 4.69) is 15.3 Å². The average molecular weight is 280 g/mol. The second kappa shape index (κ2) is 5.50. The lowest BCUT2D eigenvalue weighted by Crippen LogP contribution is -2.24. The number of aliphatic hydroxyl groups is 1. The van der Waals surface area contributed by atoms with Gasteiger partial charge in [-0.25, -0.2) is 9.97 Å². The van der Waals surface area contributed by atoms with Gasteiger partial charge in [-0.05, 0) is 25.8 Å². The first-order chi connectivity index (χ1) is 9.04. The van der Waals surface area contributed by atoms with Gasteiger partial charge in [-0.1, -0.05) is 0 Å². The van der Waals surface area contributed by atoms with Crippen LogP contribution in [0.25, 0.3) is 10.2 Å². The summed E-state index contributed by atoms with van der Waals surface area (Å²) in [6, 6.07) is 0. The number of thiophene rings is 1. The molecule has 1 amide bonds. The smallest absolute Gasteiger partial charge is 0.261 e. The number of carbonyl (C=O) groups excluding carboxylic acids is 1. The number of nitrogens with one attached hydrogen (secondary N) is 1. The number of anilines is 1. The van der Waals surface area contributed by atoms with Crippen molar-refractivity contribution in [1.82, 2.24) is 15.3 Å². The summed E-state index contributed by atoms with van der Waals surface area (Å²) >= 11 is 1.31. The van der Waals surface area contributed by atoms with Crippen LogP contribution in [0.1, 0.15) is 27.5 Å². The summed E-state index contributed by atoms with van der Waals surface area (Å²) < 4.78 is 0. The molecule has 0 aliphatic carbocycles. The first kappa shape index (κ1) is 13.7. The second-order valence-electron chi connectivity index (χ2n) is 4.23. The standard InChI is InChI=1S/C12H16N4O2S/c1-6-8-10(13)15-7(2)16-12(8)19-9(6)11(18)14-4-3-5-17/h17H,3-5H2,1-2H3,(H,14,18)(H2,13,15,16). The molecule has 19 heavy (non-hydrogen) atoms. The Morgan fingerprint density at radius 1 is 1.42 bits per heavy atom. The molecular formula is C12H16N4O2S. The number of hydrogen-bond donors (Lipinski definition) is 3. The van der Waals surface area contributed by atoms with E-state index in [0.29, 0.717) is 29.5 Å². The predicted octanol–water partition coefficient (Wildman–Crippen LogP) is 1.00. The molecule has 0 aromatic carbocycles. The highest BCUT2D eigenvalue weighted by Gasteiger charge is 2.18. The van der Waals surface area contributed by atoms with Crippen molar-refractivity contribution in [2.45, 2.75) is 20.3 Å². The van der Waals surface area contributed by atoms with Gasteiger partial charge in [0.1, 0.15) is 16.5 Å². The van der Waals surface area contributed by atoms with Crippen molar-refractivity contribution >= 4 is 33.3 Å². The summed E-state index contributed by atoms with van der Waals surface area (Å²) in [5.41, 5.74) is 6.69. The topological polar surface area (TPSA) is 101 Å². The molecule has 102 valence electrons. The normalized spacial score (nSPS) is 10.9. The molecule has 0 bridgehead atoms. The summed E-state index contributed by atoms with van der Waals surface area (Å²) in [5.74, 6) is 0.843. The van der Waals surface area contributed by atoms with Crippen LogP contribution >= 0.6 is 11.3 Å². The van der Waals surface area contributed by atoms with Crippen LogP contribution in [0.2, 0.25) is 0 Å². The first-order valence-corrected chi connectivity index (χ1v) is 6.78. The number of aryl methyl sites for hydroxylation is 2. The minimum Gasteiger partial charge on any atom is -0.396 e. The van der Waals surface area contributed by atoms with Crippen LogP contribution in [-0.4, -0.2) is 34.1 Å². The molecule has 0 saturated heterocycles. The van der Waals surface area contributed by atoms with E-state index in [-0.39, 0.29) is 12.5 Å². The summed E-state index contributed by atoms with van der Waals surface area (Å²) in [7, 11) is 0. The highest BCUT2D eigenvalue weighted by Crippen LogP contribution is 2.32. The third kappa shape index (κ3) is 2.66. The molecule has 0 aliphatic rings. The van der Waals surface area contributed by atoms with Gasteiger partial charge < -0.3 is 16.2 Å². The van der Waals surface area contributed by atoms with Crippen LogP contribution in [0.3, 0.4) is 0 Å². The van der Waals surface area contributed by atoms with Crippen molar-refractivity contribution in [3.05, 3.63) is 16.3 Å². The van der Waals surface area contributed by atoms with Gasteiger partial charge in [-0.15, -0.1) is 11.3 Å². The average Bonchev–Trinajstić information content (AvgIpc) is 2.66. The number of amides is 1. The highest BCUT2D eigenvalue weighted by atomic mass is 32.1. The van der Waals surface area contributed by atoms with Gasteiger partial charge in [0.2, 0.25) is 0 Å². The Kier molecular flexibility index (Phi) is 3.96. The van der Waals surface area contributed by atoms with Gasteiger partial charge in [0, 0.05) is 13.2 Å². The molecule has 0 unspecified atom stereocenters. The monoisotopic (exact) mass is 280 g/mol. The largest absolute Gasteiger partial charge is 0.396 e. The van der Waals surface area contributed by atoms with E-state index in [0.717, 1.165) is 15.8 Å². The lowest BCUT2D eigenvalue weighted by Gasteiger charge is -2.02. The van der Waals surface area contributed by atoms with Gasteiger partial charge in [-0.2, -0.15) is 0 Å². The molecule has 2 heterocycles. The van der Waals surface area contributed by atoms with E-state index in [1.165, 1.54) is 11.3 Å². The summed E-state index contributed by atoms with van der Waals surface area (Å²) in [5, 5.41) is 12.2. The lowest BCUT2D eigenvalue weighted by atomic mass is 10.2. The molecule has 7 heteroatoms. The fraction of sp³-hybridized carbons (Fsp3) is 0.417. The molecule has 0 saturated carbocycles. The van der Waals surface area contributed by atoms with Gasteiger partial charge in [0.15, 0.2) is 0 Å². The number of rotatable bonds is 4. The van der Waals surface area contributed by atoms with Crippen molar-refractivity contribution in [2.75, 3.05) is 18.9 Å². The third-order valence-corrected chi connectivity index (χ3v) is 3.94. The van der Waals surface area contributed by atoms with Gasteiger partial charge in [0.25, 0.3) is 5.91 Å². The molecule has 6 nitrogen and oxygen atoms in total. The zero-order valence-electron chi connectivity index (χ0n) is 10.9. The van der Waals surface area contributed by atoms with E-state index >= 15 is 0 Å². The number of aromatic nitrogens is 2. The Bertz CT molecular complexity index is 624. The number of aliphatic hydroxyl groups excluding tert-OH is 1. The number of carbonyl (C=O) groups is 1. The fourth-order valence-corrected chi connectivity index (χ4v) is 3.01. The van der Waals surface area contributed by atoms with E-state index in [4.69, 9.17) is 10.8 Å². The van der Waals surface area contributed by atoms with Gasteiger partial charge >= 0.3 is 0 Å². The van der Waals surface area contributed by atoms with Crippen molar-refractivity contribution < 1.29 is 9.90 Å². The molecule has 0 spiro atoms. The lowest BCUT2D eigenvalue weighted by molar-refractivity contribution is 0.0955. The molecule has 0 fully saturated rings. The third-order valence-electron chi connectivity index (χ3n) is 2.76. The zero-order valence-corrected chi connectivity index (χ0v) is 11.7. The van der Waals surface area contributed by atoms with Crippen molar-refractivity contribution in [2.24, 2.45) is 0 Å². The Morgan fingerprint density at radius 2 is 2.16 bits per heavy atom. The number of nitrogen functional groups attached to an aromatic ring is 1. The SMILES string of the molecule is Cc1nc(N)c2c(C)c(C(=O)NCCCO)sc2n1. The molecule has 4 N–H and O–H groups in total. The number of nitrogens with zero attached hydrogens (tertiary/aromatic N) is 2. The van der Waals surface area contributed by atoms with Crippen LogP contribution in [0.15, 0.2) is 0 Å².